The van der Waals surface area contributed by atoms with Gasteiger partial charge in [-0.3, -0.25) is 9.59 Å². The van der Waals surface area contributed by atoms with Crippen molar-refractivity contribution in [1.82, 2.24) is 0 Å². The Bertz CT molecular complexity index is 1760. The molecule has 1 saturated carbocycles. The molecule has 0 spiro atoms. The number of rotatable bonds is 4. The van der Waals surface area contributed by atoms with E-state index in [1.54, 1.807) is 17.4 Å². The molecule has 0 radical (unpaired) electrons. The molecular weight excluding hydrogens is 486 g/mol. The molecule has 0 unspecified atom stereocenters. The third-order valence-corrected chi connectivity index (χ3v) is 8.57. The second kappa shape index (κ2) is 8.41. The lowest BCUT2D eigenvalue weighted by Crippen LogP contribution is -2.37. The Morgan fingerprint density at radius 2 is 1.70 bits per heavy atom. The standard InChI is InChI=1S/C29H25N3O4S/c30-29(9-10-29)28(34)31-17-7-8-24-22(15-17)20-5-2-4-19(27(20)37-24)18-3-1-6-21-23(33)16-25(36-26(18)21)32-11-13-35-14-12-32/h1-8,15-16H,9-14,30H2,(H,31,34). The number of carbonyl (C=O) groups is 1. The van der Waals surface area contributed by atoms with Crippen LogP contribution in [-0.4, -0.2) is 37.7 Å². The molecule has 5 aromatic rings. The summed E-state index contributed by atoms with van der Waals surface area (Å²) in [6.07, 6.45) is 1.44. The van der Waals surface area contributed by atoms with E-state index in [9.17, 15) is 9.59 Å². The highest BCUT2D eigenvalue weighted by molar-refractivity contribution is 7.26. The second-order valence-corrected chi connectivity index (χ2v) is 10.9. The topological polar surface area (TPSA) is 97.8 Å². The van der Waals surface area contributed by atoms with Gasteiger partial charge in [0.25, 0.3) is 0 Å². The number of carbonyl (C=O) groups excluding carboxylic acids is 1. The van der Waals surface area contributed by atoms with Crippen LogP contribution < -0.4 is 21.4 Å². The lowest BCUT2D eigenvalue weighted by molar-refractivity contribution is -0.118. The number of fused-ring (bicyclic) bond motifs is 4. The van der Waals surface area contributed by atoms with Crippen molar-refractivity contribution in [1.29, 1.82) is 0 Å². The van der Waals surface area contributed by atoms with Gasteiger partial charge in [0.1, 0.15) is 5.58 Å². The molecule has 1 amide bonds. The highest BCUT2D eigenvalue weighted by atomic mass is 32.1. The van der Waals surface area contributed by atoms with Crippen molar-refractivity contribution < 1.29 is 13.9 Å². The SMILES string of the molecule is NC1(C(=O)Nc2ccc3sc4c(-c5cccc6c(=O)cc(N7CCOCC7)oc56)cccc4c3c2)CC1. The average Bonchev–Trinajstić information content (AvgIpc) is 3.57. The van der Waals surface area contributed by atoms with Crippen LogP contribution in [-0.2, 0) is 9.53 Å². The zero-order chi connectivity index (χ0) is 25.1. The van der Waals surface area contributed by atoms with E-state index < -0.39 is 5.54 Å². The van der Waals surface area contributed by atoms with Gasteiger partial charge in [-0.05, 0) is 37.1 Å². The molecule has 1 saturated heterocycles. The Hall–Kier alpha value is -3.72. The van der Waals surface area contributed by atoms with Gasteiger partial charge in [0.15, 0.2) is 11.3 Å². The van der Waals surface area contributed by atoms with Crippen molar-refractivity contribution in [3.63, 3.8) is 0 Å². The van der Waals surface area contributed by atoms with E-state index in [2.05, 4.69) is 22.3 Å². The quantitative estimate of drug-likeness (QED) is 0.349. The van der Waals surface area contributed by atoms with E-state index in [4.69, 9.17) is 14.9 Å². The van der Waals surface area contributed by atoms with Crippen LogP contribution in [0.15, 0.2) is 69.9 Å². The van der Waals surface area contributed by atoms with E-state index in [1.807, 2.05) is 42.5 Å². The third-order valence-electron chi connectivity index (χ3n) is 7.35. The van der Waals surface area contributed by atoms with E-state index in [1.165, 1.54) is 0 Å². The number of hydrogen-bond acceptors (Lipinski definition) is 7. The molecule has 3 N–H and O–H groups in total. The lowest BCUT2D eigenvalue weighted by atomic mass is 10.0. The molecule has 8 heteroatoms. The summed E-state index contributed by atoms with van der Waals surface area (Å²) in [5.74, 6) is 0.444. The molecule has 0 bridgehead atoms. The highest BCUT2D eigenvalue weighted by Gasteiger charge is 2.45. The van der Waals surface area contributed by atoms with E-state index >= 15 is 0 Å². The van der Waals surface area contributed by atoms with Crippen LogP contribution in [0.3, 0.4) is 0 Å². The largest absolute Gasteiger partial charge is 0.440 e. The molecule has 3 aromatic carbocycles. The molecule has 1 aliphatic heterocycles. The number of ether oxygens (including phenoxy) is 1. The van der Waals surface area contributed by atoms with Gasteiger partial charge in [0, 0.05) is 56.1 Å². The first kappa shape index (κ1) is 22.5. The Kier molecular flexibility index (Phi) is 5.11. The molecule has 7 nitrogen and oxygen atoms in total. The summed E-state index contributed by atoms with van der Waals surface area (Å²) in [6, 6.07) is 19.5. The average molecular weight is 512 g/mol. The van der Waals surface area contributed by atoms with Gasteiger partial charge in [-0.25, -0.2) is 0 Å². The normalized spacial score (nSPS) is 16.9. The summed E-state index contributed by atoms with van der Waals surface area (Å²) in [7, 11) is 0. The fourth-order valence-corrected chi connectivity index (χ4v) is 6.23. The summed E-state index contributed by atoms with van der Waals surface area (Å²) >= 11 is 1.69. The number of nitrogens with zero attached hydrogens (tertiary/aromatic N) is 1. The predicted octanol–water partition coefficient (Wildman–Crippen LogP) is 5.09. The van der Waals surface area contributed by atoms with Crippen LogP contribution >= 0.6 is 11.3 Å². The molecule has 186 valence electrons. The Balaban J connectivity index is 1.37. The number of thiophene rings is 1. The van der Waals surface area contributed by atoms with Crippen molar-refractivity contribution in [3.8, 4) is 11.1 Å². The van der Waals surface area contributed by atoms with Crippen LogP contribution in [0.4, 0.5) is 11.6 Å². The number of benzene rings is 3. The van der Waals surface area contributed by atoms with Crippen molar-refractivity contribution in [2.45, 2.75) is 18.4 Å². The van der Waals surface area contributed by atoms with E-state index in [0.717, 1.165) is 49.8 Å². The molecule has 7 rings (SSSR count). The highest BCUT2D eigenvalue weighted by Crippen LogP contribution is 2.43. The molecule has 37 heavy (non-hydrogen) atoms. The van der Waals surface area contributed by atoms with Crippen LogP contribution in [0.1, 0.15) is 12.8 Å². The fraction of sp³-hybridized carbons (Fsp3) is 0.241. The van der Waals surface area contributed by atoms with Crippen LogP contribution in [0.5, 0.6) is 0 Å². The summed E-state index contributed by atoms with van der Waals surface area (Å²) in [5.41, 5.74) is 8.52. The third kappa shape index (κ3) is 3.80. The number of nitrogens with one attached hydrogen (secondary N) is 1. The molecule has 0 atom stereocenters. The van der Waals surface area contributed by atoms with Gasteiger partial charge in [0.2, 0.25) is 5.91 Å². The maximum absolute atomic E-state index is 13.1. The van der Waals surface area contributed by atoms with Crippen molar-refractivity contribution in [2.75, 3.05) is 36.5 Å². The zero-order valence-electron chi connectivity index (χ0n) is 20.1. The number of anilines is 2. The van der Waals surface area contributed by atoms with Gasteiger partial charge in [0.05, 0.1) is 24.1 Å². The van der Waals surface area contributed by atoms with Gasteiger partial charge in [-0.1, -0.05) is 30.3 Å². The Morgan fingerprint density at radius 3 is 2.49 bits per heavy atom. The summed E-state index contributed by atoms with van der Waals surface area (Å²) in [6.45, 7) is 2.59. The number of nitrogens with two attached hydrogens (primary N) is 1. The fourth-order valence-electron chi connectivity index (χ4n) is 5.02. The van der Waals surface area contributed by atoms with E-state index in [0.29, 0.717) is 43.2 Å². The minimum Gasteiger partial charge on any atom is -0.440 e. The van der Waals surface area contributed by atoms with Crippen molar-refractivity contribution in [3.05, 3.63) is 70.9 Å². The monoisotopic (exact) mass is 511 g/mol. The van der Waals surface area contributed by atoms with Gasteiger partial charge in [-0.15, -0.1) is 11.3 Å². The molecule has 1 aliphatic carbocycles. The van der Waals surface area contributed by atoms with Crippen molar-refractivity contribution in [2.24, 2.45) is 5.73 Å². The Morgan fingerprint density at radius 1 is 0.946 bits per heavy atom. The van der Waals surface area contributed by atoms with Crippen LogP contribution in [0.2, 0.25) is 0 Å². The lowest BCUT2D eigenvalue weighted by Gasteiger charge is -2.27. The van der Waals surface area contributed by atoms with Gasteiger partial charge >= 0.3 is 0 Å². The smallest absolute Gasteiger partial charge is 0.244 e. The van der Waals surface area contributed by atoms with Gasteiger partial charge in [-0.2, -0.15) is 0 Å². The van der Waals surface area contributed by atoms with E-state index in [-0.39, 0.29) is 11.3 Å². The zero-order valence-corrected chi connectivity index (χ0v) is 20.9. The summed E-state index contributed by atoms with van der Waals surface area (Å²) in [5, 5.41) is 5.70. The second-order valence-electron chi connectivity index (χ2n) is 9.84. The first-order valence-electron chi connectivity index (χ1n) is 12.5. The first-order chi connectivity index (χ1) is 18.0. The molecule has 3 heterocycles. The van der Waals surface area contributed by atoms with Crippen LogP contribution in [0.25, 0.3) is 42.3 Å². The minimum atomic E-state index is -0.725. The molecule has 2 aliphatic rings. The number of para-hydroxylation sites is 1. The summed E-state index contributed by atoms with van der Waals surface area (Å²) < 4.78 is 14.1. The van der Waals surface area contributed by atoms with Crippen LogP contribution in [0, 0.1) is 0 Å². The maximum Gasteiger partial charge on any atom is 0.244 e. The maximum atomic E-state index is 13.1. The van der Waals surface area contributed by atoms with Crippen molar-refractivity contribution >= 4 is 60.0 Å². The van der Waals surface area contributed by atoms with Gasteiger partial charge < -0.3 is 25.1 Å². The molecule has 2 aromatic heterocycles. The summed E-state index contributed by atoms with van der Waals surface area (Å²) in [4.78, 5) is 27.6. The number of hydrogen-bond donors (Lipinski definition) is 2. The Labute approximate surface area is 216 Å². The minimum absolute atomic E-state index is 0.0539. The number of morpholine rings is 1. The molecular formula is C29H25N3O4S. The molecule has 2 fully saturated rings. The number of amides is 1. The first-order valence-corrected chi connectivity index (χ1v) is 13.3. The predicted molar refractivity (Wildman–Crippen MR) is 149 cm³/mol.